The van der Waals surface area contributed by atoms with Crippen LogP contribution in [-0.2, 0) is 12.7 Å². The number of rotatable bonds is 5. The van der Waals surface area contributed by atoms with E-state index < -0.39 is 11.7 Å². The largest absolute Gasteiger partial charge is 0.416 e. The molecule has 0 saturated heterocycles. The smallest absolute Gasteiger partial charge is 0.357 e. The normalized spacial score (nSPS) is 11.2. The molecule has 4 nitrogen and oxygen atoms in total. The lowest BCUT2D eigenvalue weighted by Gasteiger charge is -2.09. The third-order valence-corrected chi connectivity index (χ3v) is 3.43. The van der Waals surface area contributed by atoms with Gasteiger partial charge < -0.3 is 15.2 Å². The summed E-state index contributed by atoms with van der Waals surface area (Å²) in [6, 6.07) is 8.72. The summed E-state index contributed by atoms with van der Waals surface area (Å²) in [5.74, 6) is 6.37. The summed E-state index contributed by atoms with van der Waals surface area (Å²) < 4.78 is 39.6. The van der Waals surface area contributed by atoms with E-state index in [2.05, 4.69) is 27.5 Å². The molecule has 146 valence electrons. The first kappa shape index (κ1) is 22.9. The number of guanidine groups is 1. The minimum absolute atomic E-state index is 0. The molecule has 0 unspecified atom stereocenters. The Kier molecular flexibility index (Phi) is 9.78. The van der Waals surface area contributed by atoms with Crippen molar-refractivity contribution in [3.8, 4) is 11.8 Å². The van der Waals surface area contributed by atoms with E-state index in [0.717, 1.165) is 25.2 Å². The second kappa shape index (κ2) is 11.5. The van der Waals surface area contributed by atoms with Gasteiger partial charge in [0.05, 0.1) is 18.7 Å². The van der Waals surface area contributed by atoms with Crippen LogP contribution >= 0.6 is 24.0 Å². The maximum atomic E-state index is 12.5. The first-order chi connectivity index (χ1) is 12.5. The van der Waals surface area contributed by atoms with Crippen molar-refractivity contribution in [3.05, 3.63) is 59.9 Å². The first-order valence-electron chi connectivity index (χ1n) is 8.28. The predicted octanol–water partition coefficient (Wildman–Crippen LogP) is 3.73. The lowest BCUT2D eigenvalue weighted by molar-refractivity contribution is -0.137. The van der Waals surface area contributed by atoms with Crippen LogP contribution in [0.5, 0.6) is 0 Å². The first-order valence-corrected chi connectivity index (χ1v) is 8.28. The molecule has 1 heterocycles. The van der Waals surface area contributed by atoms with Gasteiger partial charge in [0.2, 0.25) is 0 Å². The molecule has 0 amide bonds. The summed E-state index contributed by atoms with van der Waals surface area (Å²) in [7, 11) is 0. The molecule has 0 bridgehead atoms. The lowest BCUT2D eigenvalue weighted by Crippen LogP contribution is -2.37. The van der Waals surface area contributed by atoms with E-state index >= 15 is 0 Å². The highest BCUT2D eigenvalue weighted by Gasteiger charge is 2.29. The van der Waals surface area contributed by atoms with E-state index in [0.29, 0.717) is 24.6 Å². The number of nitrogens with zero attached hydrogens (tertiary/aromatic N) is 2. The molecule has 1 aromatic heterocycles. The zero-order valence-electron chi connectivity index (χ0n) is 14.9. The highest BCUT2D eigenvalue weighted by atomic mass is 127. The van der Waals surface area contributed by atoms with Crippen LogP contribution in [0.3, 0.4) is 0 Å². The van der Waals surface area contributed by atoms with Crippen molar-refractivity contribution in [3.63, 3.8) is 0 Å². The van der Waals surface area contributed by atoms with Gasteiger partial charge in [-0.1, -0.05) is 11.8 Å². The third-order valence-electron chi connectivity index (χ3n) is 3.43. The molecular formula is C19H22F3IN4. The summed E-state index contributed by atoms with van der Waals surface area (Å²) in [6.07, 6.45) is -0.373. The minimum Gasteiger partial charge on any atom is -0.357 e. The molecule has 27 heavy (non-hydrogen) atoms. The number of aliphatic imine (C=N–C) groups is 1. The average molecular weight is 490 g/mol. The van der Waals surface area contributed by atoms with Gasteiger partial charge in [0.1, 0.15) is 0 Å². The van der Waals surface area contributed by atoms with Crippen molar-refractivity contribution in [2.45, 2.75) is 19.6 Å². The molecule has 0 aliphatic rings. The molecule has 1 aromatic carbocycles. The van der Waals surface area contributed by atoms with E-state index in [1.54, 1.807) is 0 Å². The fourth-order valence-corrected chi connectivity index (χ4v) is 2.15. The number of hydrogen-bond donors (Lipinski definition) is 2. The Bertz CT molecular complexity index is 757. The zero-order chi connectivity index (χ0) is 18.8. The topological polar surface area (TPSA) is 41.4 Å². The SMILES string of the molecule is CCNC(=NCCn1cccc1)NCC#Cc1ccc(C(F)(F)F)cc1.I. The highest BCUT2D eigenvalue weighted by molar-refractivity contribution is 14.0. The second-order valence-electron chi connectivity index (χ2n) is 5.41. The quantitative estimate of drug-likeness (QED) is 0.291. The summed E-state index contributed by atoms with van der Waals surface area (Å²) in [6.45, 7) is 4.44. The van der Waals surface area contributed by atoms with Gasteiger partial charge in [0.25, 0.3) is 0 Å². The van der Waals surface area contributed by atoms with Crippen molar-refractivity contribution >= 4 is 29.9 Å². The molecule has 2 rings (SSSR count). The van der Waals surface area contributed by atoms with Gasteiger partial charge >= 0.3 is 6.18 Å². The van der Waals surface area contributed by atoms with Crippen LogP contribution in [0, 0.1) is 11.8 Å². The molecule has 0 radical (unpaired) electrons. The van der Waals surface area contributed by atoms with Gasteiger partial charge in [-0.05, 0) is 43.3 Å². The average Bonchev–Trinajstić information content (AvgIpc) is 3.11. The third kappa shape index (κ3) is 8.39. The van der Waals surface area contributed by atoms with Gasteiger partial charge in [0, 0.05) is 31.0 Å². The molecule has 8 heteroatoms. The van der Waals surface area contributed by atoms with Crippen LogP contribution in [0.4, 0.5) is 13.2 Å². The number of alkyl halides is 3. The van der Waals surface area contributed by atoms with Gasteiger partial charge in [0.15, 0.2) is 5.96 Å². The van der Waals surface area contributed by atoms with E-state index in [1.807, 2.05) is 36.0 Å². The fraction of sp³-hybridized carbons (Fsp3) is 0.316. The van der Waals surface area contributed by atoms with E-state index in [9.17, 15) is 13.2 Å². The molecule has 2 N–H and O–H groups in total. The number of benzene rings is 1. The Balaban J connectivity index is 0.00000364. The molecule has 0 atom stereocenters. The lowest BCUT2D eigenvalue weighted by atomic mass is 10.1. The Hall–Kier alpha value is -2.15. The summed E-state index contributed by atoms with van der Waals surface area (Å²) in [4.78, 5) is 4.45. The molecule has 0 fully saturated rings. The van der Waals surface area contributed by atoms with E-state index in [-0.39, 0.29) is 24.0 Å². The maximum absolute atomic E-state index is 12.5. The summed E-state index contributed by atoms with van der Waals surface area (Å²) in [5, 5.41) is 6.20. The molecule has 2 aromatic rings. The molecule has 0 spiro atoms. The van der Waals surface area contributed by atoms with Crippen LogP contribution in [-0.4, -0.2) is 30.2 Å². The monoisotopic (exact) mass is 490 g/mol. The maximum Gasteiger partial charge on any atom is 0.416 e. The van der Waals surface area contributed by atoms with Crippen molar-refractivity contribution in [2.75, 3.05) is 19.6 Å². The van der Waals surface area contributed by atoms with E-state index in [1.165, 1.54) is 12.1 Å². The van der Waals surface area contributed by atoms with Gasteiger partial charge in [-0.2, -0.15) is 13.2 Å². The molecular weight excluding hydrogens is 468 g/mol. The number of hydrogen-bond acceptors (Lipinski definition) is 1. The number of halogens is 4. The van der Waals surface area contributed by atoms with Crippen LogP contribution in [0.1, 0.15) is 18.1 Å². The van der Waals surface area contributed by atoms with Gasteiger partial charge in [-0.15, -0.1) is 24.0 Å². The Morgan fingerprint density at radius 1 is 1.11 bits per heavy atom. The van der Waals surface area contributed by atoms with E-state index in [4.69, 9.17) is 0 Å². The second-order valence-corrected chi connectivity index (χ2v) is 5.41. The highest BCUT2D eigenvalue weighted by Crippen LogP contribution is 2.28. The summed E-state index contributed by atoms with van der Waals surface area (Å²) >= 11 is 0. The number of nitrogens with one attached hydrogen (secondary N) is 2. The Morgan fingerprint density at radius 2 is 1.78 bits per heavy atom. The van der Waals surface area contributed by atoms with Crippen LogP contribution in [0.2, 0.25) is 0 Å². The van der Waals surface area contributed by atoms with Crippen molar-refractivity contribution in [2.24, 2.45) is 4.99 Å². The van der Waals surface area contributed by atoms with Crippen molar-refractivity contribution in [1.29, 1.82) is 0 Å². The van der Waals surface area contributed by atoms with Crippen molar-refractivity contribution in [1.82, 2.24) is 15.2 Å². The standard InChI is InChI=1S/C19H21F3N4.HI/c1-2-23-18(25-12-15-26-13-3-4-14-26)24-11-5-6-16-7-9-17(10-8-16)19(20,21)22;/h3-4,7-10,13-14H,2,11-12,15H2,1H3,(H2,23,24,25);1H. The Morgan fingerprint density at radius 3 is 2.37 bits per heavy atom. The molecule has 0 aliphatic carbocycles. The van der Waals surface area contributed by atoms with Crippen molar-refractivity contribution < 1.29 is 13.2 Å². The molecule has 0 aliphatic heterocycles. The van der Waals surface area contributed by atoms with Crippen LogP contribution in [0.15, 0.2) is 53.8 Å². The predicted molar refractivity (Wildman–Crippen MR) is 112 cm³/mol. The number of aromatic nitrogens is 1. The van der Waals surface area contributed by atoms with Gasteiger partial charge in [-0.3, -0.25) is 4.99 Å². The van der Waals surface area contributed by atoms with Crippen LogP contribution in [0.25, 0.3) is 0 Å². The zero-order valence-corrected chi connectivity index (χ0v) is 17.2. The van der Waals surface area contributed by atoms with Crippen LogP contribution < -0.4 is 10.6 Å². The van der Waals surface area contributed by atoms with Gasteiger partial charge in [-0.25, -0.2) is 0 Å². The molecule has 0 saturated carbocycles. The summed E-state index contributed by atoms with van der Waals surface area (Å²) in [5.41, 5.74) is -0.139. The fourth-order valence-electron chi connectivity index (χ4n) is 2.15. The minimum atomic E-state index is -4.33. The Labute approximate surface area is 174 Å².